The van der Waals surface area contributed by atoms with Gasteiger partial charge in [0.25, 0.3) is 0 Å². The molecule has 0 saturated carbocycles. The number of aryl methyl sites for hydroxylation is 2. The quantitative estimate of drug-likeness (QED) is 0.345. The van der Waals surface area contributed by atoms with Gasteiger partial charge in [-0.2, -0.15) is 0 Å². The Morgan fingerprint density at radius 1 is 1.13 bits per heavy atom. The molecule has 0 amide bonds. The van der Waals surface area contributed by atoms with Gasteiger partial charge in [0.05, 0.1) is 5.75 Å². The molecule has 0 aliphatic rings. The standard InChI is InChI=1S/C16H15ClN2O3S/c1-10-7-11(2)19-16(18-10)23-9-15(21)22-8-14(20)12-3-5-13(17)6-4-12/h3-7H,8-9H2,1-2H3. The second-order valence-corrected chi connectivity index (χ2v) is 6.19. The predicted molar refractivity (Wildman–Crippen MR) is 89.0 cm³/mol. The SMILES string of the molecule is Cc1cc(C)nc(SCC(=O)OCC(=O)c2ccc(Cl)cc2)n1. The molecule has 0 bridgehead atoms. The number of hydrogen-bond acceptors (Lipinski definition) is 6. The lowest BCUT2D eigenvalue weighted by Crippen LogP contribution is -2.15. The van der Waals surface area contributed by atoms with E-state index in [2.05, 4.69) is 9.97 Å². The summed E-state index contributed by atoms with van der Waals surface area (Å²) in [5.41, 5.74) is 2.13. The Kier molecular flexibility index (Phi) is 6.12. The molecule has 1 aromatic carbocycles. The van der Waals surface area contributed by atoms with Crippen molar-refractivity contribution >= 4 is 35.1 Å². The Bertz CT molecular complexity index is 700. The fourth-order valence-corrected chi connectivity index (χ4v) is 2.66. The van der Waals surface area contributed by atoms with Gasteiger partial charge in [-0.05, 0) is 44.2 Å². The van der Waals surface area contributed by atoms with Crippen molar-refractivity contribution in [2.45, 2.75) is 19.0 Å². The second-order valence-electron chi connectivity index (χ2n) is 4.81. The molecule has 5 nitrogen and oxygen atoms in total. The first-order valence-electron chi connectivity index (χ1n) is 6.83. The number of Topliss-reactive ketones (excluding diaryl/α,β-unsaturated/α-hetero) is 1. The largest absolute Gasteiger partial charge is 0.457 e. The molecule has 0 fully saturated rings. The van der Waals surface area contributed by atoms with Crippen LogP contribution in [-0.4, -0.2) is 34.1 Å². The molecule has 7 heteroatoms. The zero-order chi connectivity index (χ0) is 16.8. The van der Waals surface area contributed by atoms with E-state index in [1.54, 1.807) is 24.3 Å². The number of hydrogen-bond donors (Lipinski definition) is 0. The number of halogens is 1. The number of rotatable bonds is 6. The molecule has 0 N–H and O–H groups in total. The van der Waals surface area contributed by atoms with Gasteiger partial charge in [-0.25, -0.2) is 9.97 Å². The van der Waals surface area contributed by atoms with Crippen molar-refractivity contribution < 1.29 is 14.3 Å². The van der Waals surface area contributed by atoms with Crippen molar-refractivity contribution in [3.63, 3.8) is 0 Å². The summed E-state index contributed by atoms with van der Waals surface area (Å²) in [7, 11) is 0. The van der Waals surface area contributed by atoms with Gasteiger partial charge < -0.3 is 4.74 Å². The summed E-state index contributed by atoms with van der Waals surface area (Å²) >= 11 is 6.94. The third-order valence-corrected chi connectivity index (χ3v) is 3.88. The van der Waals surface area contributed by atoms with E-state index >= 15 is 0 Å². The van der Waals surface area contributed by atoms with Gasteiger partial charge >= 0.3 is 5.97 Å². The van der Waals surface area contributed by atoms with Crippen molar-refractivity contribution in [2.24, 2.45) is 0 Å². The third-order valence-electron chi connectivity index (χ3n) is 2.81. The lowest BCUT2D eigenvalue weighted by Gasteiger charge is -2.05. The molecule has 0 atom stereocenters. The van der Waals surface area contributed by atoms with E-state index in [-0.39, 0.29) is 18.1 Å². The van der Waals surface area contributed by atoms with Gasteiger partial charge in [0, 0.05) is 22.0 Å². The Morgan fingerprint density at radius 2 is 1.74 bits per heavy atom. The monoisotopic (exact) mass is 350 g/mol. The number of aromatic nitrogens is 2. The number of esters is 1. The summed E-state index contributed by atoms with van der Waals surface area (Å²) in [5, 5.41) is 1.06. The van der Waals surface area contributed by atoms with Crippen LogP contribution in [0.15, 0.2) is 35.5 Å². The molecule has 0 spiro atoms. The van der Waals surface area contributed by atoms with Crippen LogP contribution in [0, 0.1) is 13.8 Å². The predicted octanol–water partition coefficient (Wildman–Crippen LogP) is 3.27. The van der Waals surface area contributed by atoms with Crippen LogP contribution in [0.2, 0.25) is 5.02 Å². The Hall–Kier alpha value is -1.92. The smallest absolute Gasteiger partial charge is 0.316 e. The van der Waals surface area contributed by atoms with Crippen molar-refractivity contribution in [3.05, 3.63) is 52.3 Å². The zero-order valence-electron chi connectivity index (χ0n) is 12.7. The summed E-state index contributed by atoms with van der Waals surface area (Å²) in [5.74, 6) is -0.709. The number of carbonyl (C=O) groups is 2. The van der Waals surface area contributed by atoms with E-state index in [0.29, 0.717) is 15.7 Å². The van der Waals surface area contributed by atoms with Gasteiger partial charge in [0.2, 0.25) is 0 Å². The summed E-state index contributed by atoms with van der Waals surface area (Å²) in [6, 6.07) is 8.27. The van der Waals surface area contributed by atoms with Crippen LogP contribution in [0.4, 0.5) is 0 Å². The number of carbonyl (C=O) groups excluding carboxylic acids is 2. The molecule has 1 aromatic heterocycles. The summed E-state index contributed by atoms with van der Waals surface area (Å²) in [6.45, 7) is 3.43. The normalized spacial score (nSPS) is 10.4. The number of thioether (sulfide) groups is 1. The molecule has 0 saturated heterocycles. The van der Waals surface area contributed by atoms with E-state index in [0.717, 1.165) is 11.4 Å². The maximum absolute atomic E-state index is 11.9. The van der Waals surface area contributed by atoms with E-state index in [9.17, 15) is 9.59 Å². The minimum absolute atomic E-state index is 0.0524. The highest BCUT2D eigenvalue weighted by atomic mass is 35.5. The second kappa shape index (κ2) is 8.08. The minimum Gasteiger partial charge on any atom is -0.457 e. The van der Waals surface area contributed by atoms with Crippen LogP contribution in [0.1, 0.15) is 21.7 Å². The minimum atomic E-state index is -0.486. The van der Waals surface area contributed by atoms with Crippen LogP contribution in [0.3, 0.4) is 0 Å². The highest BCUT2D eigenvalue weighted by Gasteiger charge is 2.11. The summed E-state index contributed by atoms with van der Waals surface area (Å²) in [4.78, 5) is 32.0. The maximum atomic E-state index is 11.9. The maximum Gasteiger partial charge on any atom is 0.316 e. The average Bonchev–Trinajstić information content (AvgIpc) is 2.50. The van der Waals surface area contributed by atoms with E-state index in [1.165, 1.54) is 11.8 Å². The Balaban J connectivity index is 1.80. The number of benzene rings is 1. The average molecular weight is 351 g/mol. The van der Waals surface area contributed by atoms with Crippen LogP contribution in [-0.2, 0) is 9.53 Å². The number of nitrogens with zero attached hydrogens (tertiary/aromatic N) is 2. The summed E-state index contributed by atoms with van der Waals surface area (Å²) in [6.07, 6.45) is 0. The molecular weight excluding hydrogens is 336 g/mol. The molecule has 0 radical (unpaired) electrons. The molecule has 120 valence electrons. The van der Waals surface area contributed by atoms with Crippen LogP contribution in [0.25, 0.3) is 0 Å². The molecule has 23 heavy (non-hydrogen) atoms. The van der Waals surface area contributed by atoms with Crippen LogP contribution >= 0.6 is 23.4 Å². The fourth-order valence-electron chi connectivity index (χ4n) is 1.79. The van der Waals surface area contributed by atoms with Gasteiger partial charge in [0.1, 0.15) is 0 Å². The Labute approximate surface area is 143 Å². The third kappa shape index (κ3) is 5.65. The van der Waals surface area contributed by atoms with Crippen LogP contribution in [0.5, 0.6) is 0 Å². The molecular formula is C16H15ClN2O3S. The lowest BCUT2D eigenvalue weighted by atomic mass is 10.1. The molecule has 1 heterocycles. The van der Waals surface area contributed by atoms with Gasteiger partial charge in [0.15, 0.2) is 17.5 Å². The number of ketones is 1. The molecule has 2 rings (SSSR count). The summed E-state index contributed by atoms with van der Waals surface area (Å²) < 4.78 is 4.97. The van der Waals surface area contributed by atoms with Gasteiger partial charge in [-0.3, -0.25) is 9.59 Å². The first kappa shape index (κ1) is 17.4. The van der Waals surface area contributed by atoms with E-state index < -0.39 is 5.97 Å². The first-order chi connectivity index (χ1) is 10.9. The Morgan fingerprint density at radius 3 is 2.35 bits per heavy atom. The molecule has 2 aromatic rings. The lowest BCUT2D eigenvalue weighted by molar-refractivity contribution is -0.139. The van der Waals surface area contributed by atoms with Crippen molar-refractivity contribution in [1.82, 2.24) is 9.97 Å². The van der Waals surface area contributed by atoms with E-state index in [1.807, 2.05) is 19.9 Å². The molecule has 0 aliphatic heterocycles. The van der Waals surface area contributed by atoms with Gasteiger partial charge in [-0.1, -0.05) is 23.4 Å². The topological polar surface area (TPSA) is 69.2 Å². The van der Waals surface area contributed by atoms with Gasteiger partial charge in [-0.15, -0.1) is 0 Å². The number of ether oxygens (including phenoxy) is 1. The van der Waals surface area contributed by atoms with Crippen LogP contribution < -0.4 is 0 Å². The highest BCUT2D eigenvalue weighted by molar-refractivity contribution is 7.99. The molecule has 0 unspecified atom stereocenters. The van der Waals surface area contributed by atoms with Crippen molar-refractivity contribution in [2.75, 3.05) is 12.4 Å². The fraction of sp³-hybridized carbons (Fsp3) is 0.250. The highest BCUT2D eigenvalue weighted by Crippen LogP contribution is 2.14. The van der Waals surface area contributed by atoms with Crippen molar-refractivity contribution in [3.8, 4) is 0 Å². The zero-order valence-corrected chi connectivity index (χ0v) is 14.3. The van der Waals surface area contributed by atoms with Crippen molar-refractivity contribution in [1.29, 1.82) is 0 Å². The van der Waals surface area contributed by atoms with E-state index in [4.69, 9.17) is 16.3 Å². The first-order valence-corrected chi connectivity index (χ1v) is 8.20. The molecule has 0 aliphatic carbocycles.